The third-order valence-corrected chi connectivity index (χ3v) is 4.12. The Bertz CT molecular complexity index is 880. The van der Waals surface area contributed by atoms with Crippen molar-refractivity contribution in [1.29, 1.82) is 5.26 Å². The second kappa shape index (κ2) is 10.3. The molecule has 3 rings (SSSR count). The lowest BCUT2D eigenvalue weighted by molar-refractivity contribution is 0.0742. The maximum Gasteiger partial charge on any atom is 0.256 e. The van der Waals surface area contributed by atoms with Gasteiger partial charge in [0.25, 0.3) is 5.91 Å². The van der Waals surface area contributed by atoms with Gasteiger partial charge in [-0.1, -0.05) is 20.8 Å². The number of pyridine rings is 1. The quantitative estimate of drug-likeness (QED) is 0.742. The standard InChI is InChI=1S/C18H15FN4O2.C4H10/c19-16-3-1-13(12-24)9-15(16)18(25)23-7-5-22(6-8-23)17-4-2-14(10-20)11-21-17;1-4(2)3/h1-4,9,11-12H,5-8H2;4H,1-3H3. The van der Waals surface area contributed by atoms with Gasteiger partial charge < -0.3 is 9.80 Å². The van der Waals surface area contributed by atoms with E-state index in [4.69, 9.17) is 5.26 Å². The van der Waals surface area contributed by atoms with Crippen LogP contribution in [0.2, 0.25) is 0 Å². The number of carbonyl (C=O) groups excluding carboxylic acids is 2. The first-order valence-corrected chi connectivity index (χ1v) is 9.50. The molecular weight excluding hydrogens is 371 g/mol. The Morgan fingerprint density at radius 3 is 2.34 bits per heavy atom. The molecule has 0 N–H and O–H groups in total. The zero-order valence-electron chi connectivity index (χ0n) is 16.9. The summed E-state index contributed by atoms with van der Waals surface area (Å²) in [6.45, 7) is 8.45. The van der Waals surface area contributed by atoms with E-state index >= 15 is 0 Å². The van der Waals surface area contributed by atoms with Crippen molar-refractivity contribution in [2.24, 2.45) is 5.92 Å². The van der Waals surface area contributed by atoms with Gasteiger partial charge in [-0.15, -0.1) is 0 Å². The first-order valence-electron chi connectivity index (χ1n) is 9.50. The lowest BCUT2D eigenvalue weighted by atomic mass is 10.1. The lowest BCUT2D eigenvalue weighted by Crippen LogP contribution is -2.49. The van der Waals surface area contributed by atoms with E-state index in [1.54, 1.807) is 17.0 Å². The topological polar surface area (TPSA) is 77.3 Å². The van der Waals surface area contributed by atoms with Crippen LogP contribution in [0.3, 0.4) is 0 Å². The van der Waals surface area contributed by atoms with Crippen molar-refractivity contribution in [3.05, 3.63) is 59.0 Å². The summed E-state index contributed by atoms with van der Waals surface area (Å²) >= 11 is 0. The number of hydrogen-bond acceptors (Lipinski definition) is 5. The van der Waals surface area contributed by atoms with Gasteiger partial charge in [-0.05, 0) is 36.2 Å². The number of aldehydes is 1. The first-order chi connectivity index (χ1) is 13.8. The largest absolute Gasteiger partial charge is 0.353 e. The number of hydrogen-bond donors (Lipinski definition) is 0. The summed E-state index contributed by atoms with van der Waals surface area (Å²) in [5.74, 6) is 0.514. The number of amides is 1. The number of piperazine rings is 1. The number of nitrogens with zero attached hydrogens (tertiary/aromatic N) is 4. The molecule has 0 spiro atoms. The van der Waals surface area contributed by atoms with E-state index in [2.05, 4.69) is 25.8 Å². The molecule has 1 amide bonds. The molecule has 2 heterocycles. The lowest BCUT2D eigenvalue weighted by Gasteiger charge is -2.35. The summed E-state index contributed by atoms with van der Waals surface area (Å²) in [5.41, 5.74) is 0.669. The van der Waals surface area contributed by atoms with Gasteiger partial charge in [0, 0.05) is 37.9 Å². The zero-order valence-corrected chi connectivity index (χ0v) is 16.9. The molecular formula is C22H25FN4O2. The van der Waals surface area contributed by atoms with Crippen LogP contribution in [0.5, 0.6) is 0 Å². The van der Waals surface area contributed by atoms with Crippen LogP contribution in [0, 0.1) is 23.1 Å². The highest BCUT2D eigenvalue weighted by Gasteiger charge is 2.24. The fourth-order valence-corrected chi connectivity index (χ4v) is 2.73. The molecule has 7 heteroatoms. The molecule has 29 heavy (non-hydrogen) atoms. The molecule has 152 valence electrons. The minimum Gasteiger partial charge on any atom is -0.353 e. The predicted octanol–water partition coefficient (Wildman–Crippen LogP) is 3.53. The Morgan fingerprint density at radius 1 is 1.17 bits per heavy atom. The molecule has 1 saturated heterocycles. The fourth-order valence-electron chi connectivity index (χ4n) is 2.73. The monoisotopic (exact) mass is 396 g/mol. The van der Waals surface area contributed by atoms with Crippen LogP contribution in [0.25, 0.3) is 0 Å². The van der Waals surface area contributed by atoms with Crippen molar-refractivity contribution >= 4 is 18.0 Å². The van der Waals surface area contributed by atoms with Crippen LogP contribution in [-0.4, -0.2) is 48.3 Å². The first kappa shape index (κ1) is 22.0. The smallest absolute Gasteiger partial charge is 0.256 e. The van der Waals surface area contributed by atoms with Crippen molar-refractivity contribution in [2.45, 2.75) is 20.8 Å². The molecule has 1 fully saturated rings. The van der Waals surface area contributed by atoms with Gasteiger partial charge >= 0.3 is 0 Å². The van der Waals surface area contributed by atoms with Gasteiger partial charge in [-0.3, -0.25) is 9.59 Å². The van der Waals surface area contributed by atoms with E-state index in [-0.39, 0.29) is 11.1 Å². The summed E-state index contributed by atoms with van der Waals surface area (Å²) < 4.78 is 13.9. The van der Waals surface area contributed by atoms with E-state index < -0.39 is 11.7 Å². The zero-order chi connectivity index (χ0) is 21.4. The second-order valence-corrected chi connectivity index (χ2v) is 7.39. The van der Waals surface area contributed by atoms with Gasteiger partial charge in [0.15, 0.2) is 0 Å². The van der Waals surface area contributed by atoms with E-state index in [0.717, 1.165) is 17.8 Å². The van der Waals surface area contributed by atoms with Crippen LogP contribution in [-0.2, 0) is 0 Å². The number of anilines is 1. The molecule has 0 bridgehead atoms. The second-order valence-electron chi connectivity index (χ2n) is 7.39. The van der Waals surface area contributed by atoms with Gasteiger partial charge in [-0.2, -0.15) is 5.26 Å². The van der Waals surface area contributed by atoms with Crippen LogP contribution in [0.1, 0.15) is 47.1 Å². The number of rotatable bonds is 3. The number of nitriles is 1. The van der Waals surface area contributed by atoms with Crippen LogP contribution in [0.15, 0.2) is 36.5 Å². The maximum atomic E-state index is 13.9. The van der Waals surface area contributed by atoms with Crippen LogP contribution < -0.4 is 4.90 Å². The van der Waals surface area contributed by atoms with Crippen LogP contribution in [0.4, 0.5) is 10.2 Å². The molecule has 0 saturated carbocycles. The SMILES string of the molecule is CC(C)C.N#Cc1ccc(N2CCN(C(=O)c3cc(C=O)ccc3F)CC2)nc1. The molecule has 6 nitrogen and oxygen atoms in total. The summed E-state index contributed by atoms with van der Waals surface area (Å²) in [5, 5.41) is 8.80. The summed E-state index contributed by atoms with van der Waals surface area (Å²) in [7, 11) is 0. The van der Waals surface area contributed by atoms with E-state index in [0.29, 0.717) is 38.0 Å². The van der Waals surface area contributed by atoms with E-state index in [9.17, 15) is 14.0 Å². The Labute approximate surface area is 170 Å². The molecule has 0 aliphatic carbocycles. The van der Waals surface area contributed by atoms with Crippen molar-refractivity contribution in [3.8, 4) is 6.07 Å². The van der Waals surface area contributed by atoms with Crippen molar-refractivity contribution in [1.82, 2.24) is 9.88 Å². The highest BCUT2D eigenvalue weighted by Crippen LogP contribution is 2.17. The Morgan fingerprint density at radius 2 is 1.83 bits per heavy atom. The molecule has 1 aromatic heterocycles. The third-order valence-electron chi connectivity index (χ3n) is 4.12. The highest BCUT2D eigenvalue weighted by atomic mass is 19.1. The average Bonchev–Trinajstić information content (AvgIpc) is 2.73. The van der Waals surface area contributed by atoms with Gasteiger partial charge in [0.2, 0.25) is 0 Å². The summed E-state index contributed by atoms with van der Waals surface area (Å²) in [6.07, 6.45) is 2.10. The van der Waals surface area contributed by atoms with Crippen molar-refractivity contribution < 1.29 is 14.0 Å². The molecule has 1 aliphatic rings. The maximum absolute atomic E-state index is 13.9. The molecule has 1 aromatic carbocycles. The average molecular weight is 396 g/mol. The normalized spacial score (nSPS) is 13.4. The number of halogens is 1. The third kappa shape index (κ3) is 6.11. The molecule has 1 aliphatic heterocycles. The summed E-state index contributed by atoms with van der Waals surface area (Å²) in [6, 6.07) is 9.23. The molecule has 2 aromatic rings. The van der Waals surface area contributed by atoms with Crippen LogP contribution >= 0.6 is 0 Å². The number of carbonyl (C=O) groups is 2. The molecule has 0 atom stereocenters. The van der Waals surface area contributed by atoms with Gasteiger partial charge in [0.1, 0.15) is 24.0 Å². The highest BCUT2D eigenvalue weighted by molar-refractivity contribution is 5.96. The number of benzene rings is 1. The summed E-state index contributed by atoms with van der Waals surface area (Å²) in [4.78, 5) is 31.2. The van der Waals surface area contributed by atoms with Crippen molar-refractivity contribution in [3.63, 3.8) is 0 Å². The van der Waals surface area contributed by atoms with Crippen molar-refractivity contribution in [2.75, 3.05) is 31.1 Å². The van der Waals surface area contributed by atoms with E-state index in [1.807, 2.05) is 11.0 Å². The van der Waals surface area contributed by atoms with Gasteiger partial charge in [-0.25, -0.2) is 9.37 Å². The molecule has 0 radical (unpaired) electrons. The Balaban J connectivity index is 0.000000687. The Kier molecular flexibility index (Phi) is 7.84. The number of aromatic nitrogens is 1. The predicted molar refractivity (Wildman–Crippen MR) is 109 cm³/mol. The molecule has 0 unspecified atom stereocenters. The van der Waals surface area contributed by atoms with E-state index in [1.165, 1.54) is 18.3 Å². The minimum atomic E-state index is -0.633. The minimum absolute atomic E-state index is 0.0884. The van der Waals surface area contributed by atoms with Gasteiger partial charge in [0.05, 0.1) is 11.1 Å². The Hall–Kier alpha value is -3.27. The fraction of sp³-hybridized carbons (Fsp3) is 0.364.